The maximum absolute atomic E-state index is 6.52. The maximum Gasteiger partial charge on any atom is 0.132 e. The van der Waals surface area contributed by atoms with Gasteiger partial charge in [-0.25, -0.2) is 0 Å². The van der Waals surface area contributed by atoms with E-state index in [4.69, 9.17) is 4.74 Å². The molecule has 1 aromatic heterocycles. The lowest BCUT2D eigenvalue weighted by molar-refractivity contribution is 0.436. The fraction of sp³-hybridized carbons (Fsp3) is 0.0270. The molecule has 0 atom stereocenters. The number of hydrogen-bond acceptors (Lipinski definition) is 3. The van der Waals surface area contributed by atoms with Crippen molar-refractivity contribution in [3.05, 3.63) is 156 Å². The number of para-hydroxylation sites is 2. The van der Waals surface area contributed by atoms with Gasteiger partial charge in [0.05, 0.1) is 15.8 Å². The van der Waals surface area contributed by atoms with Gasteiger partial charge in [-0.3, -0.25) is 0 Å². The van der Waals surface area contributed by atoms with Gasteiger partial charge < -0.3 is 10.1 Å². The molecule has 2 heterocycles. The smallest absolute Gasteiger partial charge is 0.132 e. The Morgan fingerprint density at radius 1 is 0.500 bits per heavy atom. The van der Waals surface area contributed by atoms with Gasteiger partial charge in [0.2, 0.25) is 0 Å². The van der Waals surface area contributed by atoms with E-state index in [1.54, 1.807) is 0 Å². The van der Waals surface area contributed by atoms with E-state index in [1.807, 2.05) is 11.3 Å². The fourth-order valence-electron chi connectivity index (χ4n) is 7.01. The van der Waals surface area contributed by atoms with E-state index in [0.29, 0.717) is 0 Å². The third kappa shape index (κ3) is 2.77. The number of nitrogens with one attached hydrogen (secondary N) is 1. The van der Waals surface area contributed by atoms with E-state index in [2.05, 4.69) is 139 Å². The predicted molar refractivity (Wildman–Crippen MR) is 166 cm³/mol. The van der Waals surface area contributed by atoms with Crippen LogP contribution in [0.1, 0.15) is 22.3 Å². The summed E-state index contributed by atoms with van der Waals surface area (Å²) in [6, 6.07) is 47.9. The Morgan fingerprint density at radius 3 is 1.93 bits per heavy atom. The van der Waals surface area contributed by atoms with Crippen molar-refractivity contribution in [3.8, 4) is 22.6 Å². The zero-order valence-corrected chi connectivity index (χ0v) is 22.3. The van der Waals surface area contributed by atoms with Gasteiger partial charge in [0.25, 0.3) is 0 Å². The van der Waals surface area contributed by atoms with Crippen molar-refractivity contribution in [1.82, 2.24) is 0 Å². The van der Waals surface area contributed by atoms with Crippen molar-refractivity contribution in [3.63, 3.8) is 0 Å². The van der Waals surface area contributed by atoms with E-state index >= 15 is 0 Å². The molecule has 1 N–H and O–H groups in total. The standard InChI is InChI=1S/C37H23NOS/c1-3-15-27-23(11-1)25-13-9-18-30(38-31-19-10-14-26-24-12-2-8-22-34(24)40-36(26)31)35(25)37(27)28-16-4-6-20-32(28)39-33-21-7-5-17-29(33)37/h1-22,38H. The summed E-state index contributed by atoms with van der Waals surface area (Å²) in [7, 11) is 0. The van der Waals surface area contributed by atoms with E-state index in [0.717, 1.165) is 22.9 Å². The van der Waals surface area contributed by atoms with Crippen LogP contribution in [0.2, 0.25) is 0 Å². The lowest BCUT2D eigenvalue weighted by atomic mass is 9.65. The summed E-state index contributed by atoms with van der Waals surface area (Å²) in [6.45, 7) is 0. The quantitative estimate of drug-likeness (QED) is 0.240. The molecule has 0 unspecified atom stereocenters. The zero-order chi connectivity index (χ0) is 26.3. The van der Waals surface area contributed by atoms with Crippen LogP contribution in [0.5, 0.6) is 11.5 Å². The molecule has 3 heteroatoms. The molecule has 0 fully saturated rings. The van der Waals surface area contributed by atoms with Gasteiger partial charge in [0.1, 0.15) is 11.5 Å². The number of ether oxygens (including phenoxy) is 1. The molecular weight excluding hydrogens is 506 g/mol. The van der Waals surface area contributed by atoms with Crippen LogP contribution in [0.4, 0.5) is 11.4 Å². The predicted octanol–water partition coefficient (Wildman–Crippen LogP) is 10.3. The lowest BCUT2D eigenvalue weighted by Crippen LogP contribution is -2.32. The van der Waals surface area contributed by atoms with Gasteiger partial charge in [-0.1, -0.05) is 103 Å². The van der Waals surface area contributed by atoms with Crippen LogP contribution < -0.4 is 10.1 Å². The molecule has 0 saturated carbocycles. The first-order valence-corrected chi connectivity index (χ1v) is 14.4. The minimum Gasteiger partial charge on any atom is -0.457 e. The summed E-state index contributed by atoms with van der Waals surface area (Å²) in [5, 5.41) is 6.54. The molecule has 188 valence electrons. The average Bonchev–Trinajstić information content (AvgIpc) is 3.53. The Hall–Kier alpha value is -4.86. The molecule has 7 aromatic rings. The largest absolute Gasteiger partial charge is 0.457 e. The molecule has 40 heavy (non-hydrogen) atoms. The van der Waals surface area contributed by atoms with E-state index in [9.17, 15) is 0 Å². The Kier molecular flexibility index (Phi) is 4.44. The highest BCUT2D eigenvalue weighted by molar-refractivity contribution is 7.26. The van der Waals surface area contributed by atoms with Crippen molar-refractivity contribution in [2.45, 2.75) is 5.41 Å². The van der Waals surface area contributed by atoms with Gasteiger partial charge >= 0.3 is 0 Å². The molecule has 0 amide bonds. The second-order valence-corrected chi connectivity index (χ2v) is 11.6. The number of rotatable bonds is 2. The van der Waals surface area contributed by atoms with Crippen LogP contribution in [0, 0.1) is 0 Å². The van der Waals surface area contributed by atoms with Crippen LogP contribution in [0.15, 0.2) is 133 Å². The van der Waals surface area contributed by atoms with Gasteiger partial charge in [0, 0.05) is 37.9 Å². The van der Waals surface area contributed by atoms with Crippen molar-refractivity contribution in [2.75, 3.05) is 5.32 Å². The first kappa shape index (κ1) is 22.0. The van der Waals surface area contributed by atoms with E-state index < -0.39 is 5.41 Å². The lowest BCUT2D eigenvalue weighted by Gasteiger charge is -2.40. The summed E-state index contributed by atoms with van der Waals surface area (Å²) < 4.78 is 9.11. The van der Waals surface area contributed by atoms with Crippen LogP contribution in [-0.2, 0) is 5.41 Å². The number of benzene rings is 6. The second kappa shape index (κ2) is 8.08. The summed E-state index contributed by atoms with van der Waals surface area (Å²) in [4.78, 5) is 0. The Balaban J connectivity index is 1.37. The average molecular weight is 530 g/mol. The highest BCUT2D eigenvalue weighted by Crippen LogP contribution is 2.63. The Morgan fingerprint density at radius 2 is 1.10 bits per heavy atom. The van der Waals surface area contributed by atoms with Gasteiger partial charge in [-0.15, -0.1) is 11.3 Å². The van der Waals surface area contributed by atoms with Crippen molar-refractivity contribution in [2.24, 2.45) is 0 Å². The first-order chi connectivity index (χ1) is 19.8. The van der Waals surface area contributed by atoms with Crippen molar-refractivity contribution < 1.29 is 4.74 Å². The second-order valence-electron chi connectivity index (χ2n) is 10.5. The SMILES string of the molecule is c1ccc2c(c1)Oc1ccccc1C21c2ccccc2-c2cccc(Nc3cccc4c3sc3ccccc34)c21. The molecular formula is C37H23NOS. The summed E-state index contributed by atoms with van der Waals surface area (Å²) in [6.07, 6.45) is 0. The molecule has 0 radical (unpaired) electrons. The van der Waals surface area contributed by atoms with Crippen LogP contribution in [0.3, 0.4) is 0 Å². The molecule has 1 aliphatic carbocycles. The highest BCUT2D eigenvalue weighted by Gasteiger charge is 2.52. The third-order valence-electron chi connectivity index (χ3n) is 8.54. The number of fused-ring (bicyclic) bond motifs is 12. The number of thiophene rings is 1. The molecule has 2 aliphatic rings. The maximum atomic E-state index is 6.52. The van der Waals surface area contributed by atoms with E-state index in [1.165, 1.54) is 53.6 Å². The summed E-state index contributed by atoms with van der Waals surface area (Å²) in [5.41, 5.74) is 9.19. The zero-order valence-electron chi connectivity index (χ0n) is 21.5. The molecule has 2 nitrogen and oxygen atoms in total. The summed E-state index contributed by atoms with van der Waals surface area (Å²) in [5.74, 6) is 1.82. The molecule has 0 saturated heterocycles. The molecule has 9 rings (SSSR count). The normalized spacial score (nSPS) is 13.9. The molecule has 1 spiro atoms. The topological polar surface area (TPSA) is 21.3 Å². The third-order valence-corrected chi connectivity index (χ3v) is 9.76. The van der Waals surface area contributed by atoms with Gasteiger partial charge in [-0.2, -0.15) is 0 Å². The monoisotopic (exact) mass is 529 g/mol. The van der Waals surface area contributed by atoms with Gasteiger partial charge in [-0.05, 0) is 47.0 Å². The fourth-order valence-corrected chi connectivity index (χ4v) is 8.18. The molecule has 1 aliphatic heterocycles. The highest BCUT2D eigenvalue weighted by atomic mass is 32.1. The molecule has 6 aromatic carbocycles. The minimum atomic E-state index is -0.505. The van der Waals surface area contributed by atoms with Crippen LogP contribution >= 0.6 is 11.3 Å². The Bertz CT molecular complexity index is 2090. The Labute approximate surface area is 236 Å². The van der Waals surface area contributed by atoms with Crippen molar-refractivity contribution in [1.29, 1.82) is 0 Å². The number of anilines is 2. The van der Waals surface area contributed by atoms with Crippen molar-refractivity contribution >= 4 is 42.9 Å². The minimum absolute atomic E-state index is 0.505. The summed E-state index contributed by atoms with van der Waals surface area (Å²) >= 11 is 1.85. The van der Waals surface area contributed by atoms with E-state index in [-0.39, 0.29) is 0 Å². The number of hydrogen-bond donors (Lipinski definition) is 1. The van der Waals surface area contributed by atoms with Crippen LogP contribution in [0.25, 0.3) is 31.3 Å². The van der Waals surface area contributed by atoms with Gasteiger partial charge in [0.15, 0.2) is 0 Å². The molecule has 0 bridgehead atoms. The first-order valence-electron chi connectivity index (χ1n) is 13.6. The van der Waals surface area contributed by atoms with Crippen LogP contribution in [-0.4, -0.2) is 0 Å².